The minimum absolute atomic E-state index is 0.0519. The normalized spacial score (nSPS) is 10.8. The largest absolute Gasteiger partial charge is 0.482 e. The summed E-state index contributed by atoms with van der Waals surface area (Å²) in [6.07, 6.45) is 1.25. The Kier molecular flexibility index (Phi) is 5.22. The van der Waals surface area contributed by atoms with Crippen LogP contribution in [0.3, 0.4) is 0 Å². The maximum atomic E-state index is 13.0. The molecule has 0 unspecified atom stereocenters. The van der Waals surface area contributed by atoms with E-state index in [1.54, 1.807) is 20.0 Å². The number of carbonyl (C=O) groups is 1. The number of oxazole rings is 1. The van der Waals surface area contributed by atoms with Crippen LogP contribution in [0.15, 0.2) is 39.5 Å². The molecule has 0 spiro atoms. The van der Waals surface area contributed by atoms with Crippen molar-refractivity contribution in [1.29, 1.82) is 0 Å². The molecule has 2 aromatic heterocycles. The molecular formula is C17H15ClFN3O4. The first-order valence-corrected chi connectivity index (χ1v) is 8.00. The molecule has 0 N–H and O–H groups in total. The monoisotopic (exact) mass is 379 g/mol. The third-order valence-corrected chi connectivity index (χ3v) is 3.73. The first kappa shape index (κ1) is 17.9. The first-order valence-electron chi connectivity index (χ1n) is 7.62. The van der Waals surface area contributed by atoms with Crippen molar-refractivity contribution in [2.45, 2.75) is 20.1 Å². The summed E-state index contributed by atoms with van der Waals surface area (Å²) in [7, 11) is 1.61. The second-order valence-corrected chi connectivity index (χ2v) is 5.99. The van der Waals surface area contributed by atoms with Crippen LogP contribution >= 0.6 is 11.6 Å². The third-order valence-electron chi connectivity index (χ3n) is 3.43. The predicted octanol–water partition coefficient (Wildman–Crippen LogP) is 3.61. The molecule has 0 bridgehead atoms. The molecule has 3 rings (SSSR count). The molecule has 1 amide bonds. The molecule has 0 aliphatic rings. The van der Waals surface area contributed by atoms with E-state index < -0.39 is 5.82 Å². The van der Waals surface area contributed by atoms with Crippen LogP contribution in [0.1, 0.15) is 27.8 Å². The first-order chi connectivity index (χ1) is 12.4. The van der Waals surface area contributed by atoms with Crippen LogP contribution in [0.25, 0.3) is 0 Å². The number of rotatable bonds is 6. The number of ether oxygens (including phenoxy) is 1. The second kappa shape index (κ2) is 7.57. The van der Waals surface area contributed by atoms with E-state index in [1.807, 2.05) is 0 Å². The van der Waals surface area contributed by atoms with Crippen LogP contribution in [0.4, 0.5) is 4.39 Å². The van der Waals surface area contributed by atoms with E-state index in [1.165, 1.54) is 23.3 Å². The zero-order valence-electron chi connectivity index (χ0n) is 14.0. The molecule has 1 aromatic carbocycles. The number of carbonyl (C=O) groups excluding carboxylic acids is 1. The summed E-state index contributed by atoms with van der Waals surface area (Å²) in [6.45, 7) is 2.00. The van der Waals surface area contributed by atoms with Crippen molar-refractivity contribution in [2.75, 3.05) is 7.05 Å². The Morgan fingerprint density at radius 3 is 2.88 bits per heavy atom. The Hall–Kier alpha value is -2.87. The number of hydrogen-bond acceptors (Lipinski definition) is 6. The van der Waals surface area contributed by atoms with Gasteiger partial charge in [0, 0.05) is 13.1 Å². The number of aromatic nitrogens is 2. The van der Waals surface area contributed by atoms with Gasteiger partial charge in [-0.25, -0.2) is 9.37 Å². The summed E-state index contributed by atoms with van der Waals surface area (Å²) in [5, 5.41) is 3.91. The fraction of sp³-hybridized carbons (Fsp3) is 0.235. The summed E-state index contributed by atoms with van der Waals surface area (Å²) in [5.41, 5.74) is 0.869. The average Bonchev–Trinajstić information content (AvgIpc) is 3.22. The van der Waals surface area contributed by atoms with E-state index in [0.29, 0.717) is 5.76 Å². The zero-order chi connectivity index (χ0) is 18.7. The molecular weight excluding hydrogens is 365 g/mol. The number of aryl methyl sites for hydroxylation is 1. The molecule has 3 aromatic rings. The number of hydrogen-bond donors (Lipinski definition) is 0. The summed E-state index contributed by atoms with van der Waals surface area (Å²) in [6, 6.07) is 5.52. The van der Waals surface area contributed by atoms with Crippen LogP contribution < -0.4 is 4.74 Å². The number of benzene rings is 1. The standard InChI is InChI=1S/C17H15ClFN3O4/c1-10-5-12(26-21-10)7-22(2)17(23)14-8-25-16(20-14)9-24-15-4-3-11(19)6-13(15)18/h3-6,8H,7,9H2,1-2H3. The Balaban J connectivity index is 1.60. The molecule has 0 saturated carbocycles. The molecule has 136 valence electrons. The van der Waals surface area contributed by atoms with Gasteiger partial charge >= 0.3 is 0 Å². The number of amides is 1. The topological polar surface area (TPSA) is 81.6 Å². The molecule has 0 radical (unpaired) electrons. The van der Waals surface area contributed by atoms with Gasteiger partial charge in [0.25, 0.3) is 5.91 Å². The quantitative estimate of drug-likeness (QED) is 0.650. The van der Waals surface area contributed by atoms with Crippen molar-refractivity contribution < 1.29 is 22.9 Å². The summed E-state index contributed by atoms with van der Waals surface area (Å²) in [5.74, 6) is 0.246. The van der Waals surface area contributed by atoms with Gasteiger partial charge in [0.2, 0.25) is 5.89 Å². The molecule has 26 heavy (non-hydrogen) atoms. The van der Waals surface area contributed by atoms with Crippen LogP contribution in [0.2, 0.25) is 5.02 Å². The van der Waals surface area contributed by atoms with Gasteiger partial charge in [-0.1, -0.05) is 16.8 Å². The molecule has 9 heteroatoms. The van der Waals surface area contributed by atoms with E-state index in [-0.39, 0.29) is 41.4 Å². The van der Waals surface area contributed by atoms with Crippen LogP contribution in [-0.4, -0.2) is 28.0 Å². The van der Waals surface area contributed by atoms with Gasteiger partial charge in [0.05, 0.1) is 17.3 Å². The molecule has 7 nitrogen and oxygen atoms in total. The maximum absolute atomic E-state index is 13.0. The molecule has 0 aliphatic carbocycles. The highest BCUT2D eigenvalue weighted by molar-refractivity contribution is 6.32. The van der Waals surface area contributed by atoms with Crippen molar-refractivity contribution in [3.05, 3.63) is 64.4 Å². The van der Waals surface area contributed by atoms with Gasteiger partial charge in [-0.3, -0.25) is 4.79 Å². The SMILES string of the molecule is Cc1cc(CN(C)C(=O)c2coc(COc3ccc(F)cc3Cl)n2)on1. The minimum Gasteiger partial charge on any atom is -0.482 e. The van der Waals surface area contributed by atoms with E-state index in [4.69, 9.17) is 25.3 Å². The lowest BCUT2D eigenvalue weighted by atomic mass is 10.3. The van der Waals surface area contributed by atoms with Crippen molar-refractivity contribution in [2.24, 2.45) is 0 Å². The van der Waals surface area contributed by atoms with E-state index in [2.05, 4.69) is 10.1 Å². The predicted molar refractivity (Wildman–Crippen MR) is 89.3 cm³/mol. The Labute approximate surface area is 153 Å². The van der Waals surface area contributed by atoms with Crippen LogP contribution in [0, 0.1) is 12.7 Å². The second-order valence-electron chi connectivity index (χ2n) is 5.59. The van der Waals surface area contributed by atoms with Crippen molar-refractivity contribution in [1.82, 2.24) is 15.0 Å². The summed E-state index contributed by atoms with van der Waals surface area (Å²) >= 11 is 5.88. The van der Waals surface area contributed by atoms with Gasteiger partial charge in [0.15, 0.2) is 18.1 Å². The minimum atomic E-state index is -0.462. The maximum Gasteiger partial charge on any atom is 0.275 e. The zero-order valence-corrected chi connectivity index (χ0v) is 14.8. The molecule has 0 saturated heterocycles. The van der Waals surface area contributed by atoms with Crippen molar-refractivity contribution >= 4 is 17.5 Å². The van der Waals surface area contributed by atoms with E-state index >= 15 is 0 Å². The van der Waals surface area contributed by atoms with Gasteiger partial charge < -0.3 is 18.6 Å². The molecule has 0 aliphatic heterocycles. The lowest BCUT2D eigenvalue weighted by molar-refractivity contribution is 0.0766. The number of nitrogens with zero attached hydrogens (tertiary/aromatic N) is 3. The number of halogens is 2. The van der Waals surface area contributed by atoms with Crippen LogP contribution in [0.5, 0.6) is 5.75 Å². The van der Waals surface area contributed by atoms with Crippen LogP contribution in [-0.2, 0) is 13.2 Å². The highest BCUT2D eigenvalue weighted by Crippen LogP contribution is 2.25. The van der Waals surface area contributed by atoms with Crippen molar-refractivity contribution in [3.8, 4) is 5.75 Å². The van der Waals surface area contributed by atoms with Crippen molar-refractivity contribution in [3.63, 3.8) is 0 Å². The molecule has 2 heterocycles. The highest BCUT2D eigenvalue weighted by atomic mass is 35.5. The third kappa shape index (κ3) is 4.20. The van der Waals surface area contributed by atoms with Gasteiger partial charge in [-0.05, 0) is 25.1 Å². The average molecular weight is 380 g/mol. The Morgan fingerprint density at radius 2 is 2.19 bits per heavy atom. The lowest BCUT2D eigenvalue weighted by Gasteiger charge is -2.12. The van der Waals surface area contributed by atoms with Gasteiger partial charge in [-0.15, -0.1) is 0 Å². The highest BCUT2D eigenvalue weighted by Gasteiger charge is 2.18. The summed E-state index contributed by atoms with van der Waals surface area (Å²) < 4.78 is 28.8. The van der Waals surface area contributed by atoms with E-state index in [9.17, 15) is 9.18 Å². The fourth-order valence-corrected chi connectivity index (χ4v) is 2.42. The fourth-order valence-electron chi connectivity index (χ4n) is 2.20. The van der Waals surface area contributed by atoms with Gasteiger partial charge in [-0.2, -0.15) is 0 Å². The lowest BCUT2D eigenvalue weighted by Crippen LogP contribution is -2.26. The molecule has 0 atom stereocenters. The van der Waals surface area contributed by atoms with E-state index in [0.717, 1.165) is 11.8 Å². The molecule has 0 fully saturated rings. The van der Waals surface area contributed by atoms with Gasteiger partial charge in [0.1, 0.15) is 17.8 Å². The Morgan fingerprint density at radius 1 is 1.38 bits per heavy atom. The smallest absolute Gasteiger partial charge is 0.275 e. The Bertz CT molecular complexity index is 924. The summed E-state index contributed by atoms with van der Waals surface area (Å²) in [4.78, 5) is 17.9.